The van der Waals surface area contributed by atoms with Gasteiger partial charge in [-0.25, -0.2) is 0 Å². The molecule has 2 N–H and O–H groups in total. The van der Waals surface area contributed by atoms with Crippen LogP contribution in [0.2, 0.25) is 0 Å². The molecule has 15 heavy (non-hydrogen) atoms. The first-order chi connectivity index (χ1) is 6.88. The minimum Gasteiger partial charge on any atom is -0.507 e. The fraction of sp³-hybridized carbons (Fsp3) is 0.417. The third-order valence-corrected chi connectivity index (χ3v) is 2.29. The zero-order chi connectivity index (χ0) is 11.6. The summed E-state index contributed by atoms with van der Waals surface area (Å²) in [7, 11) is 0. The van der Waals surface area contributed by atoms with Crippen LogP contribution in [0.3, 0.4) is 0 Å². The van der Waals surface area contributed by atoms with E-state index in [2.05, 4.69) is 0 Å². The predicted molar refractivity (Wildman–Crippen MR) is 58.2 cm³/mol. The number of benzene rings is 1. The van der Waals surface area contributed by atoms with E-state index in [9.17, 15) is 9.90 Å². The number of aromatic hydroxyl groups is 1. The second-order valence-corrected chi connectivity index (χ2v) is 4.53. The second kappa shape index (κ2) is 4.03. The molecule has 0 saturated heterocycles. The fourth-order valence-electron chi connectivity index (χ4n) is 1.46. The first-order valence-electron chi connectivity index (χ1n) is 4.84. The lowest BCUT2D eigenvalue weighted by Gasteiger charge is -2.21. The quantitative estimate of drug-likeness (QED) is 0.729. The van der Waals surface area contributed by atoms with Gasteiger partial charge in [-0.3, -0.25) is 4.79 Å². The maximum Gasteiger partial charge on any atom is 0.191 e. The number of ketones is 1. The molecule has 0 atom stereocenters. The molecule has 82 valence electrons. The highest BCUT2D eigenvalue weighted by molar-refractivity contribution is 5.99. The Bertz CT molecular complexity index is 375. The average Bonchev–Trinajstić information content (AvgIpc) is 2.15. The molecule has 0 aliphatic rings. The molecule has 0 aromatic heterocycles. The zero-order valence-electron chi connectivity index (χ0n) is 9.24. The molecule has 0 heterocycles. The number of hydrogen-bond acceptors (Lipinski definition) is 3. The van der Waals surface area contributed by atoms with Crippen LogP contribution in [0.25, 0.3) is 0 Å². The zero-order valence-corrected chi connectivity index (χ0v) is 9.24. The van der Waals surface area contributed by atoms with E-state index in [1.54, 1.807) is 12.1 Å². The van der Waals surface area contributed by atoms with Gasteiger partial charge >= 0.3 is 0 Å². The van der Waals surface area contributed by atoms with Crippen molar-refractivity contribution in [2.45, 2.75) is 26.2 Å². The molecule has 3 heteroatoms. The van der Waals surface area contributed by atoms with E-state index in [1.165, 1.54) is 6.07 Å². The summed E-state index contributed by atoms with van der Waals surface area (Å²) >= 11 is 0. The molecule has 0 aliphatic heterocycles. The first-order valence-corrected chi connectivity index (χ1v) is 4.84. The molecule has 1 aromatic rings. The minimum atomic E-state index is -0.582. The SMILES string of the molecule is CC(C)(C)c1cccc(C(=O)CO)c1O. The van der Waals surface area contributed by atoms with Crippen LogP contribution >= 0.6 is 0 Å². The van der Waals surface area contributed by atoms with Crippen molar-refractivity contribution in [2.75, 3.05) is 6.61 Å². The van der Waals surface area contributed by atoms with Gasteiger partial charge in [0.05, 0.1) is 5.56 Å². The highest BCUT2D eigenvalue weighted by Gasteiger charge is 2.21. The molecule has 0 aliphatic carbocycles. The van der Waals surface area contributed by atoms with Crippen molar-refractivity contribution in [3.63, 3.8) is 0 Å². The van der Waals surface area contributed by atoms with Crippen molar-refractivity contribution in [1.82, 2.24) is 0 Å². The number of Topliss-reactive ketones (excluding diaryl/α,β-unsaturated/α-hetero) is 1. The fourth-order valence-corrected chi connectivity index (χ4v) is 1.46. The summed E-state index contributed by atoms with van der Waals surface area (Å²) in [5, 5.41) is 18.6. The number of para-hydroxylation sites is 1. The molecule has 0 saturated carbocycles. The second-order valence-electron chi connectivity index (χ2n) is 4.53. The largest absolute Gasteiger partial charge is 0.507 e. The highest BCUT2D eigenvalue weighted by atomic mass is 16.3. The van der Waals surface area contributed by atoms with Crippen LogP contribution in [0.4, 0.5) is 0 Å². The maximum atomic E-state index is 11.3. The summed E-state index contributed by atoms with van der Waals surface area (Å²) in [5.41, 5.74) is 0.669. The van der Waals surface area contributed by atoms with Gasteiger partial charge in [0.1, 0.15) is 12.4 Å². The van der Waals surface area contributed by atoms with E-state index in [-0.39, 0.29) is 16.7 Å². The summed E-state index contributed by atoms with van der Waals surface area (Å²) in [5.74, 6) is -0.484. The number of hydrogen-bond donors (Lipinski definition) is 2. The standard InChI is InChI=1S/C12H16O3/c1-12(2,3)9-6-4-5-8(11(9)15)10(14)7-13/h4-6,13,15H,7H2,1-3H3. The Morgan fingerprint density at radius 1 is 1.33 bits per heavy atom. The van der Waals surface area contributed by atoms with Gasteiger partial charge in [-0.1, -0.05) is 32.9 Å². The Morgan fingerprint density at radius 2 is 1.93 bits per heavy atom. The molecule has 0 unspecified atom stereocenters. The molecular formula is C12H16O3. The van der Waals surface area contributed by atoms with Crippen LogP contribution in [0.5, 0.6) is 5.75 Å². The van der Waals surface area contributed by atoms with E-state index >= 15 is 0 Å². The van der Waals surface area contributed by atoms with Crippen molar-refractivity contribution >= 4 is 5.78 Å². The Balaban J connectivity index is 3.30. The van der Waals surface area contributed by atoms with Gasteiger partial charge < -0.3 is 10.2 Å². The van der Waals surface area contributed by atoms with Crippen LogP contribution in [0.1, 0.15) is 36.7 Å². The Morgan fingerprint density at radius 3 is 2.40 bits per heavy atom. The van der Waals surface area contributed by atoms with E-state index in [1.807, 2.05) is 20.8 Å². The van der Waals surface area contributed by atoms with Crippen molar-refractivity contribution in [2.24, 2.45) is 0 Å². The van der Waals surface area contributed by atoms with E-state index in [0.717, 1.165) is 0 Å². The molecule has 0 radical (unpaired) electrons. The van der Waals surface area contributed by atoms with Crippen molar-refractivity contribution < 1.29 is 15.0 Å². The lowest BCUT2D eigenvalue weighted by Crippen LogP contribution is -2.14. The summed E-state index contributed by atoms with van der Waals surface area (Å²) in [6.45, 7) is 5.28. The van der Waals surface area contributed by atoms with Gasteiger partial charge in [0.25, 0.3) is 0 Å². The third-order valence-electron chi connectivity index (χ3n) is 2.29. The van der Waals surface area contributed by atoms with Gasteiger partial charge in [0.15, 0.2) is 5.78 Å². The Hall–Kier alpha value is -1.35. The molecule has 1 rings (SSSR count). The van der Waals surface area contributed by atoms with Gasteiger partial charge in [0, 0.05) is 0 Å². The number of rotatable bonds is 2. The van der Waals surface area contributed by atoms with Crippen LogP contribution in [-0.2, 0) is 5.41 Å². The number of carbonyl (C=O) groups excluding carboxylic acids is 1. The summed E-state index contributed by atoms with van der Waals surface area (Å²) in [4.78, 5) is 11.3. The minimum absolute atomic E-state index is 0.0240. The monoisotopic (exact) mass is 208 g/mol. The van der Waals surface area contributed by atoms with Crippen LogP contribution in [-0.4, -0.2) is 22.6 Å². The lowest BCUT2D eigenvalue weighted by molar-refractivity contribution is 0.0900. The van der Waals surface area contributed by atoms with Gasteiger partial charge in [-0.05, 0) is 17.0 Å². The normalized spacial score (nSPS) is 11.5. The van der Waals surface area contributed by atoms with Gasteiger partial charge in [-0.15, -0.1) is 0 Å². The van der Waals surface area contributed by atoms with E-state index in [0.29, 0.717) is 5.56 Å². The Labute approximate surface area is 89.4 Å². The highest BCUT2D eigenvalue weighted by Crippen LogP contribution is 2.33. The first kappa shape index (κ1) is 11.7. The van der Waals surface area contributed by atoms with E-state index in [4.69, 9.17) is 5.11 Å². The maximum absolute atomic E-state index is 11.3. The average molecular weight is 208 g/mol. The molecule has 0 bridgehead atoms. The predicted octanol–water partition coefficient (Wildman–Crippen LogP) is 1.86. The smallest absolute Gasteiger partial charge is 0.191 e. The topological polar surface area (TPSA) is 57.5 Å². The Kier molecular flexibility index (Phi) is 3.15. The molecule has 0 fully saturated rings. The molecule has 0 spiro atoms. The van der Waals surface area contributed by atoms with E-state index < -0.39 is 12.4 Å². The summed E-state index contributed by atoms with van der Waals surface area (Å²) < 4.78 is 0. The molecule has 0 amide bonds. The van der Waals surface area contributed by atoms with Crippen molar-refractivity contribution in [3.05, 3.63) is 29.3 Å². The van der Waals surface area contributed by atoms with Crippen molar-refractivity contribution in [1.29, 1.82) is 0 Å². The lowest BCUT2D eigenvalue weighted by atomic mass is 9.85. The number of phenols is 1. The van der Waals surface area contributed by atoms with Crippen LogP contribution in [0, 0.1) is 0 Å². The number of aliphatic hydroxyl groups is 1. The molecule has 3 nitrogen and oxygen atoms in total. The van der Waals surface area contributed by atoms with Crippen LogP contribution < -0.4 is 0 Å². The summed E-state index contributed by atoms with van der Waals surface area (Å²) in [6.07, 6.45) is 0. The van der Waals surface area contributed by atoms with Crippen molar-refractivity contribution in [3.8, 4) is 5.75 Å². The number of phenolic OH excluding ortho intramolecular Hbond substituents is 1. The molecular weight excluding hydrogens is 192 g/mol. The molecule has 1 aromatic carbocycles. The number of carbonyl (C=O) groups is 1. The summed E-state index contributed by atoms with van der Waals surface area (Å²) in [6, 6.07) is 5.01. The third kappa shape index (κ3) is 2.36. The number of aliphatic hydroxyl groups excluding tert-OH is 1. The van der Waals surface area contributed by atoms with Gasteiger partial charge in [0.2, 0.25) is 0 Å². The van der Waals surface area contributed by atoms with Gasteiger partial charge in [-0.2, -0.15) is 0 Å². The van der Waals surface area contributed by atoms with Crippen LogP contribution in [0.15, 0.2) is 18.2 Å².